The van der Waals surface area contributed by atoms with Gasteiger partial charge < -0.3 is 0 Å². The highest BCUT2D eigenvalue weighted by atomic mass is 31.1. The van der Waals surface area contributed by atoms with E-state index in [0.29, 0.717) is 0 Å². The third-order valence-corrected chi connectivity index (χ3v) is 15.6. The second-order valence-electron chi connectivity index (χ2n) is 11.3. The topological polar surface area (TPSA) is 0 Å². The average Bonchev–Trinajstić information content (AvgIpc) is 3.36. The molecule has 0 unspecified atom stereocenters. The van der Waals surface area contributed by atoms with Gasteiger partial charge in [0.2, 0.25) is 0 Å². The van der Waals surface area contributed by atoms with Crippen molar-refractivity contribution in [2.75, 3.05) is 0 Å². The van der Waals surface area contributed by atoms with E-state index in [4.69, 9.17) is 0 Å². The predicted molar refractivity (Wildman–Crippen MR) is 157 cm³/mol. The molecular weight excluding hydrogens is 458 g/mol. The van der Waals surface area contributed by atoms with Crippen LogP contribution in [0.15, 0.2) is 83.2 Å². The van der Waals surface area contributed by atoms with Crippen LogP contribution in [0.1, 0.15) is 89.9 Å². The van der Waals surface area contributed by atoms with Crippen molar-refractivity contribution in [3.05, 3.63) is 83.2 Å². The monoisotopic (exact) mass is 500 g/mol. The SMILES string of the molecule is C1=C(P(c2ccccc2)c2ccccc2)C2=C(C1)CCC[C@@H]2P(C1CCCCC1)C1CCCCC1. The van der Waals surface area contributed by atoms with Crippen LogP contribution in [-0.4, -0.2) is 17.0 Å². The Balaban J connectivity index is 1.41. The fourth-order valence-electron chi connectivity index (χ4n) is 7.57. The van der Waals surface area contributed by atoms with Gasteiger partial charge >= 0.3 is 0 Å². The van der Waals surface area contributed by atoms with Crippen molar-refractivity contribution in [3.63, 3.8) is 0 Å². The summed E-state index contributed by atoms with van der Waals surface area (Å²) >= 11 is 0. The molecule has 0 bridgehead atoms. The lowest BCUT2D eigenvalue weighted by molar-refractivity contribution is 0.479. The molecule has 6 rings (SSSR count). The van der Waals surface area contributed by atoms with Crippen LogP contribution >= 0.6 is 15.8 Å². The van der Waals surface area contributed by atoms with Gasteiger partial charge in [0.05, 0.1) is 0 Å². The first kappa shape index (κ1) is 24.1. The van der Waals surface area contributed by atoms with Crippen molar-refractivity contribution in [3.8, 4) is 0 Å². The summed E-state index contributed by atoms with van der Waals surface area (Å²) in [6, 6.07) is 23.0. The van der Waals surface area contributed by atoms with Crippen molar-refractivity contribution in [2.45, 2.75) is 107 Å². The summed E-state index contributed by atoms with van der Waals surface area (Å²) in [6.45, 7) is 0. The lowest BCUT2D eigenvalue weighted by Crippen LogP contribution is -2.30. The first-order valence-corrected chi connectivity index (χ1v) is 17.4. The van der Waals surface area contributed by atoms with Gasteiger partial charge in [-0.2, -0.15) is 0 Å². The Hall–Kier alpha value is -1.22. The maximum absolute atomic E-state index is 2.70. The highest BCUT2D eigenvalue weighted by Gasteiger charge is 2.42. The maximum Gasteiger partial charge on any atom is 0.00530 e. The van der Waals surface area contributed by atoms with E-state index in [-0.39, 0.29) is 7.92 Å². The van der Waals surface area contributed by atoms with Crippen molar-refractivity contribution in [1.29, 1.82) is 0 Å². The Kier molecular flexibility index (Phi) is 7.89. The minimum atomic E-state index is -0.468. The third-order valence-electron chi connectivity index (χ3n) is 9.11. The molecule has 4 aliphatic carbocycles. The molecule has 2 aromatic carbocycles. The standard InChI is InChI=1S/C33H42P2/c1-5-15-27(16-6-1)34(28-17-7-2-8-18-28)31-23-13-14-26-24-25-32(33(26)31)35(29-19-9-3-10-20-29)30-21-11-4-12-22-30/h3-4,9-12,19-22,25,27-28,31H,1-2,5-8,13-18,23-24H2/t31-/m0/s1. The predicted octanol–water partition coefficient (Wildman–Crippen LogP) is 9.40. The molecular formula is C33H42P2. The van der Waals surface area contributed by atoms with Crippen molar-refractivity contribution < 1.29 is 0 Å². The maximum atomic E-state index is 2.70. The summed E-state index contributed by atoms with van der Waals surface area (Å²) in [5.74, 6) is 0. The molecule has 0 aliphatic heterocycles. The Labute approximate surface area is 216 Å². The summed E-state index contributed by atoms with van der Waals surface area (Å²) in [7, 11) is -0.393. The molecule has 2 heteroatoms. The van der Waals surface area contributed by atoms with Crippen LogP contribution in [-0.2, 0) is 0 Å². The first-order chi connectivity index (χ1) is 17.4. The van der Waals surface area contributed by atoms with Crippen LogP contribution in [0, 0.1) is 0 Å². The van der Waals surface area contributed by atoms with E-state index in [1.54, 1.807) is 5.31 Å². The van der Waals surface area contributed by atoms with Gasteiger partial charge in [0.25, 0.3) is 0 Å². The molecule has 184 valence electrons. The zero-order valence-electron chi connectivity index (χ0n) is 21.4. The first-order valence-electron chi connectivity index (χ1n) is 14.5. The highest BCUT2D eigenvalue weighted by molar-refractivity contribution is 7.77. The molecule has 0 N–H and O–H groups in total. The summed E-state index contributed by atoms with van der Waals surface area (Å²) in [6.07, 6.45) is 23.3. The lowest BCUT2D eigenvalue weighted by Gasteiger charge is -2.46. The van der Waals surface area contributed by atoms with Crippen LogP contribution in [0.25, 0.3) is 0 Å². The summed E-state index contributed by atoms with van der Waals surface area (Å²) in [4.78, 5) is 0. The molecule has 0 saturated heterocycles. The number of hydrogen-bond acceptors (Lipinski definition) is 0. The quantitative estimate of drug-likeness (QED) is 0.347. The van der Waals surface area contributed by atoms with Crippen molar-refractivity contribution in [2.24, 2.45) is 0 Å². The highest BCUT2D eigenvalue weighted by Crippen LogP contribution is 2.66. The molecule has 0 amide bonds. The molecule has 2 aromatic rings. The van der Waals surface area contributed by atoms with Crippen molar-refractivity contribution in [1.82, 2.24) is 0 Å². The number of allylic oxidation sites excluding steroid dienone is 4. The van der Waals surface area contributed by atoms with Gasteiger partial charge in [0, 0.05) is 5.66 Å². The molecule has 2 saturated carbocycles. The molecule has 0 radical (unpaired) electrons. The summed E-state index contributed by atoms with van der Waals surface area (Å²) in [5.41, 5.74) is 6.71. The normalized spacial score (nSPS) is 24.2. The van der Waals surface area contributed by atoms with E-state index in [1.807, 2.05) is 11.1 Å². The van der Waals surface area contributed by atoms with E-state index in [2.05, 4.69) is 66.7 Å². The fraction of sp³-hybridized carbons (Fsp3) is 0.515. The van der Waals surface area contributed by atoms with Gasteiger partial charge in [-0.25, -0.2) is 0 Å². The molecule has 0 nitrogen and oxygen atoms in total. The van der Waals surface area contributed by atoms with Crippen LogP contribution in [0.3, 0.4) is 0 Å². The van der Waals surface area contributed by atoms with Crippen molar-refractivity contribution >= 4 is 26.5 Å². The molecule has 2 fully saturated rings. The van der Waals surface area contributed by atoms with Crippen LogP contribution < -0.4 is 10.6 Å². The van der Waals surface area contributed by atoms with E-state index in [9.17, 15) is 0 Å². The van der Waals surface area contributed by atoms with Gasteiger partial charge in [0.1, 0.15) is 0 Å². The Morgan fingerprint density at radius 2 is 1.11 bits per heavy atom. The van der Waals surface area contributed by atoms with E-state index >= 15 is 0 Å². The molecule has 0 aromatic heterocycles. The molecule has 0 spiro atoms. The van der Waals surface area contributed by atoms with Crippen LogP contribution in [0.2, 0.25) is 0 Å². The third kappa shape index (κ3) is 5.13. The second-order valence-corrected chi connectivity index (χ2v) is 16.4. The molecule has 0 heterocycles. The zero-order chi connectivity index (χ0) is 23.5. The van der Waals surface area contributed by atoms with Crippen LogP contribution in [0.4, 0.5) is 0 Å². The molecule has 4 aliphatic rings. The van der Waals surface area contributed by atoms with Gasteiger partial charge in [-0.15, -0.1) is 0 Å². The Morgan fingerprint density at radius 3 is 1.66 bits per heavy atom. The molecule has 35 heavy (non-hydrogen) atoms. The Bertz CT molecular complexity index is 968. The molecule has 1 atom stereocenters. The lowest BCUT2D eigenvalue weighted by atomic mass is 9.93. The summed E-state index contributed by atoms with van der Waals surface area (Å²) in [5, 5.41) is 4.84. The number of benzene rings is 2. The second kappa shape index (κ2) is 11.4. The summed E-state index contributed by atoms with van der Waals surface area (Å²) < 4.78 is 0. The van der Waals surface area contributed by atoms with Gasteiger partial charge in [-0.1, -0.05) is 119 Å². The van der Waals surface area contributed by atoms with E-state index in [0.717, 1.165) is 17.0 Å². The largest absolute Gasteiger partial charge is 0.0926 e. The smallest absolute Gasteiger partial charge is 0.00530 e. The number of hydrogen-bond donors (Lipinski definition) is 0. The average molecular weight is 501 g/mol. The van der Waals surface area contributed by atoms with Gasteiger partial charge in [-0.05, 0) is 92.1 Å². The fourth-order valence-corrected chi connectivity index (χ4v) is 14.9. The minimum Gasteiger partial charge on any atom is -0.0926 e. The Morgan fingerprint density at radius 1 is 0.571 bits per heavy atom. The van der Waals surface area contributed by atoms with E-state index < -0.39 is 7.92 Å². The van der Waals surface area contributed by atoms with Crippen LogP contribution in [0.5, 0.6) is 0 Å². The zero-order valence-corrected chi connectivity index (χ0v) is 23.2. The minimum absolute atomic E-state index is 0.0756. The number of rotatable bonds is 6. The van der Waals surface area contributed by atoms with E-state index in [1.165, 1.54) is 101 Å². The van der Waals surface area contributed by atoms with Gasteiger partial charge in [0.15, 0.2) is 0 Å². The van der Waals surface area contributed by atoms with Gasteiger partial charge in [-0.3, -0.25) is 0 Å².